The highest BCUT2D eigenvalue weighted by atomic mass is 79.9. The number of anilines is 1. The second-order valence-electron chi connectivity index (χ2n) is 3.17. The minimum Gasteiger partial charge on any atom is -0.380 e. The Morgan fingerprint density at radius 1 is 1.47 bits per heavy atom. The van der Waals surface area contributed by atoms with E-state index < -0.39 is 4.92 Å². The van der Waals surface area contributed by atoms with Crippen LogP contribution in [0.15, 0.2) is 27.2 Å². The summed E-state index contributed by atoms with van der Waals surface area (Å²) in [4.78, 5) is 10.2. The first-order chi connectivity index (χ1) is 7.99. The van der Waals surface area contributed by atoms with E-state index in [2.05, 4.69) is 21.1 Å². The van der Waals surface area contributed by atoms with Crippen molar-refractivity contribution in [2.75, 3.05) is 5.73 Å². The number of benzene rings is 1. The predicted octanol–water partition coefficient (Wildman–Crippen LogP) is 3.25. The molecule has 0 fully saturated rings. The molecule has 2 N–H and O–H groups in total. The number of nitrogens with two attached hydrogens (primary N) is 1. The minimum atomic E-state index is -0.512. The SMILES string of the molecule is Nc1noc(-c2cc(Br)cc([N+](=O)[O-])c2)c1Cl. The topological polar surface area (TPSA) is 95.2 Å². The van der Waals surface area contributed by atoms with Crippen molar-refractivity contribution in [1.29, 1.82) is 0 Å². The van der Waals surface area contributed by atoms with Crippen LogP contribution in [-0.2, 0) is 0 Å². The molecule has 17 heavy (non-hydrogen) atoms. The van der Waals surface area contributed by atoms with Crippen molar-refractivity contribution in [3.63, 3.8) is 0 Å². The molecule has 2 aromatic rings. The van der Waals surface area contributed by atoms with E-state index in [9.17, 15) is 10.1 Å². The molecule has 0 saturated heterocycles. The molecule has 0 aliphatic heterocycles. The van der Waals surface area contributed by atoms with Gasteiger partial charge in [-0.2, -0.15) is 0 Å². The van der Waals surface area contributed by atoms with Gasteiger partial charge in [0.05, 0.1) is 4.92 Å². The molecule has 88 valence electrons. The number of rotatable bonds is 2. The first kappa shape index (κ1) is 11.9. The number of hydrogen-bond acceptors (Lipinski definition) is 5. The quantitative estimate of drug-likeness (QED) is 0.677. The zero-order valence-electron chi connectivity index (χ0n) is 8.18. The highest BCUT2D eigenvalue weighted by Gasteiger charge is 2.17. The summed E-state index contributed by atoms with van der Waals surface area (Å²) in [6, 6.07) is 4.33. The Kier molecular flexibility index (Phi) is 3.03. The van der Waals surface area contributed by atoms with Crippen molar-refractivity contribution >= 4 is 39.0 Å². The molecule has 0 aliphatic rings. The van der Waals surface area contributed by atoms with Crippen molar-refractivity contribution < 1.29 is 9.45 Å². The molecule has 6 nitrogen and oxygen atoms in total. The fourth-order valence-electron chi connectivity index (χ4n) is 1.28. The van der Waals surface area contributed by atoms with Gasteiger partial charge in [-0.3, -0.25) is 10.1 Å². The van der Waals surface area contributed by atoms with E-state index in [1.165, 1.54) is 12.1 Å². The molecule has 0 amide bonds. The molecule has 0 radical (unpaired) electrons. The average Bonchev–Trinajstić information content (AvgIpc) is 2.59. The zero-order valence-corrected chi connectivity index (χ0v) is 10.5. The van der Waals surface area contributed by atoms with Gasteiger partial charge in [0.1, 0.15) is 5.02 Å². The molecule has 1 heterocycles. The standard InChI is InChI=1S/C9H5BrClN3O3/c10-5-1-4(2-6(3-5)14(15)16)8-7(11)9(12)13-17-8/h1-3H,(H2,12,13). The number of hydrogen-bond donors (Lipinski definition) is 1. The highest BCUT2D eigenvalue weighted by molar-refractivity contribution is 9.10. The Bertz CT molecular complexity index is 599. The van der Waals surface area contributed by atoms with Gasteiger partial charge < -0.3 is 10.3 Å². The molecule has 0 atom stereocenters. The van der Waals surface area contributed by atoms with E-state index in [0.717, 1.165) is 0 Å². The summed E-state index contributed by atoms with van der Waals surface area (Å²) in [5.74, 6) is 0.248. The fraction of sp³-hybridized carbons (Fsp3) is 0. The van der Waals surface area contributed by atoms with Crippen LogP contribution in [0.3, 0.4) is 0 Å². The molecule has 0 bridgehead atoms. The third-order valence-electron chi connectivity index (χ3n) is 2.02. The van der Waals surface area contributed by atoms with Crippen LogP contribution in [0.5, 0.6) is 0 Å². The first-order valence-corrected chi connectivity index (χ1v) is 5.52. The van der Waals surface area contributed by atoms with Crippen LogP contribution in [0.1, 0.15) is 0 Å². The van der Waals surface area contributed by atoms with E-state index in [-0.39, 0.29) is 22.3 Å². The smallest absolute Gasteiger partial charge is 0.271 e. The summed E-state index contributed by atoms with van der Waals surface area (Å²) in [6.45, 7) is 0. The molecule has 0 saturated carbocycles. The van der Waals surface area contributed by atoms with E-state index in [4.69, 9.17) is 21.9 Å². The summed E-state index contributed by atoms with van der Waals surface area (Å²) in [5, 5.41) is 14.3. The van der Waals surface area contributed by atoms with Crippen LogP contribution in [0, 0.1) is 10.1 Å². The van der Waals surface area contributed by atoms with Gasteiger partial charge in [0.2, 0.25) is 0 Å². The lowest BCUT2D eigenvalue weighted by molar-refractivity contribution is -0.384. The van der Waals surface area contributed by atoms with Crippen molar-refractivity contribution in [3.05, 3.63) is 37.8 Å². The van der Waals surface area contributed by atoms with Gasteiger partial charge in [-0.1, -0.05) is 32.7 Å². The largest absolute Gasteiger partial charge is 0.380 e. The van der Waals surface area contributed by atoms with Gasteiger partial charge in [-0.15, -0.1) is 0 Å². The molecule has 8 heteroatoms. The van der Waals surface area contributed by atoms with Gasteiger partial charge in [0.25, 0.3) is 5.69 Å². The zero-order chi connectivity index (χ0) is 12.6. The lowest BCUT2D eigenvalue weighted by Crippen LogP contribution is -1.89. The fourth-order valence-corrected chi connectivity index (χ4v) is 1.94. The van der Waals surface area contributed by atoms with Crippen molar-refractivity contribution in [1.82, 2.24) is 5.16 Å². The second-order valence-corrected chi connectivity index (χ2v) is 4.46. The lowest BCUT2D eigenvalue weighted by atomic mass is 10.1. The first-order valence-electron chi connectivity index (χ1n) is 4.35. The summed E-state index contributed by atoms with van der Waals surface area (Å²) >= 11 is 9.03. The summed E-state index contributed by atoms with van der Waals surface area (Å²) in [6.07, 6.45) is 0. The molecular weight excluding hydrogens is 313 g/mol. The maximum Gasteiger partial charge on any atom is 0.271 e. The van der Waals surface area contributed by atoms with Crippen LogP contribution in [-0.4, -0.2) is 10.1 Å². The number of nitro groups is 1. The molecule has 2 rings (SSSR count). The van der Waals surface area contributed by atoms with Crippen molar-refractivity contribution in [2.24, 2.45) is 0 Å². The molecule has 0 aliphatic carbocycles. The Morgan fingerprint density at radius 2 is 2.18 bits per heavy atom. The van der Waals surface area contributed by atoms with Gasteiger partial charge >= 0.3 is 0 Å². The maximum atomic E-state index is 10.7. The van der Waals surface area contributed by atoms with Crippen LogP contribution < -0.4 is 5.73 Å². The third kappa shape index (κ3) is 2.25. The van der Waals surface area contributed by atoms with Crippen molar-refractivity contribution in [3.8, 4) is 11.3 Å². The Morgan fingerprint density at radius 3 is 2.71 bits per heavy atom. The number of nitrogens with zero attached hydrogens (tertiary/aromatic N) is 2. The molecule has 0 spiro atoms. The molecule has 1 aromatic carbocycles. The number of nitrogen functional groups attached to an aromatic ring is 1. The number of aromatic nitrogens is 1. The van der Waals surface area contributed by atoms with Crippen LogP contribution >= 0.6 is 27.5 Å². The summed E-state index contributed by atoms with van der Waals surface area (Å²) in [5.41, 5.74) is 5.78. The van der Waals surface area contributed by atoms with E-state index >= 15 is 0 Å². The second kappa shape index (κ2) is 4.34. The summed E-state index contributed by atoms with van der Waals surface area (Å²) in [7, 11) is 0. The predicted molar refractivity (Wildman–Crippen MR) is 65.7 cm³/mol. The normalized spacial score (nSPS) is 10.5. The van der Waals surface area contributed by atoms with E-state index in [1.54, 1.807) is 6.07 Å². The average molecular weight is 319 g/mol. The van der Waals surface area contributed by atoms with Crippen LogP contribution in [0.2, 0.25) is 5.02 Å². The molecule has 1 aromatic heterocycles. The van der Waals surface area contributed by atoms with Gasteiger partial charge in [0, 0.05) is 22.2 Å². The third-order valence-corrected chi connectivity index (χ3v) is 2.84. The van der Waals surface area contributed by atoms with E-state index in [1.807, 2.05) is 0 Å². The number of halogens is 2. The van der Waals surface area contributed by atoms with E-state index in [0.29, 0.717) is 10.0 Å². The number of non-ortho nitro benzene ring substituents is 1. The minimum absolute atomic E-state index is 0.0456. The van der Waals surface area contributed by atoms with Crippen LogP contribution in [0.4, 0.5) is 11.5 Å². The Labute approximate surface area is 109 Å². The molecular formula is C9H5BrClN3O3. The Hall–Kier alpha value is -1.60. The van der Waals surface area contributed by atoms with Crippen molar-refractivity contribution in [2.45, 2.75) is 0 Å². The molecule has 0 unspecified atom stereocenters. The van der Waals surface area contributed by atoms with Gasteiger partial charge in [-0.25, -0.2) is 0 Å². The maximum absolute atomic E-state index is 10.7. The highest BCUT2D eigenvalue weighted by Crippen LogP contribution is 2.35. The number of nitro benzene ring substituents is 1. The monoisotopic (exact) mass is 317 g/mol. The van der Waals surface area contributed by atoms with Gasteiger partial charge in [0.15, 0.2) is 11.6 Å². The summed E-state index contributed by atoms with van der Waals surface area (Å²) < 4.78 is 5.46. The Balaban J connectivity index is 2.60. The lowest BCUT2D eigenvalue weighted by Gasteiger charge is -1.99. The van der Waals surface area contributed by atoms with Gasteiger partial charge in [-0.05, 0) is 6.07 Å². The van der Waals surface area contributed by atoms with Crippen LogP contribution in [0.25, 0.3) is 11.3 Å².